The molecule has 2 heterocycles. The van der Waals surface area contributed by atoms with Crippen LogP contribution in [0.5, 0.6) is 11.5 Å². The first-order chi connectivity index (χ1) is 9.85. The van der Waals surface area contributed by atoms with Crippen molar-refractivity contribution in [2.24, 2.45) is 0 Å². The number of hydrogen-bond donors (Lipinski definition) is 1. The highest BCUT2D eigenvalue weighted by atomic mass is 16.5. The maximum atomic E-state index is 5.83. The van der Waals surface area contributed by atoms with E-state index in [9.17, 15) is 0 Å². The van der Waals surface area contributed by atoms with Crippen LogP contribution in [0, 0.1) is 0 Å². The lowest BCUT2D eigenvalue weighted by atomic mass is 10.2. The van der Waals surface area contributed by atoms with E-state index in [0.717, 1.165) is 28.9 Å². The summed E-state index contributed by atoms with van der Waals surface area (Å²) in [5.74, 6) is 1.46. The van der Waals surface area contributed by atoms with Crippen LogP contribution in [-0.2, 0) is 0 Å². The normalized spacial score (nSPS) is 10.4. The Morgan fingerprint density at radius 3 is 2.95 bits per heavy atom. The van der Waals surface area contributed by atoms with Gasteiger partial charge < -0.3 is 10.1 Å². The van der Waals surface area contributed by atoms with Crippen molar-refractivity contribution in [1.82, 2.24) is 9.97 Å². The van der Waals surface area contributed by atoms with Gasteiger partial charge in [-0.15, -0.1) is 0 Å². The van der Waals surface area contributed by atoms with Gasteiger partial charge in [0, 0.05) is 30.3 Å². The van der Waals surface area contributed by atoms with Crippen LogP contribution in [0.3, 0.4) is 0 Å². The van der Waals surface area contributed by atoms with Crippen molar-refractivity contribution < 1.29 is 4.74 Å². The second-order valence-corrected chi connectivity index (χ2v) is 4.40. The van der Waals surface area contributed by atoms with Crippen molar-refractivity contribution >= 4 is 16.6 Å². The lowest BCUT2D eigenvalue weighted by Crippen LogP contribution is -1.97. The predicted octanol–water partition coefficient (Wildman–Crippen LogP) is 3.85. The molecule has 0 atom stereocenters. The van der Waals surface area contributed by atoms with E-state index in [2.05, 4.69) is 15.3 Å². The minimum Gasteiger partial charge on any atom is -0.456 e. The number of nitrogens with one attached hydrogen (secondary N) is 1. The molecular weight excluding hydrogens is 250 g/mol. The molecule has 1 N–H and O–H groups in total. The molecular formula is C16H15N3O. The molecule has 4 nitrogen and oxygen atoms in total. The number of ether oxygens (including phenoxy) is 1. The molecule has 4 heteroatoms. The van der Waals surface area contributed by atoms with Crippen LogP contribution in [0.15, 0.2) is 55.0 Å². The molecule has 0 saturated carbocycles. The molecule has 0 unspecified atom stereocenters. The molecule has 0 fully saturated rings. The zero-order chi connectivity index (χ0) is 13.8. The molecule has 0 aliphatic carbocycles. The molecule has 100 valence electrons. The molecule has 3 rings (SSSR count). The molecule has 3 aromatic rings. The highest BCUT2D eigenvalue weighted by Gasteiger charge is 2.01. The van der Waals surface area contributed by atoms with Crippen LogP contribution in [0.4, 0.5) is 5.69 Å². The number of anilines is 1. The summed E-state index contributed by atoms with van der Waals surface area (Å²) in [5, 5.41) is 4.31. The van der Waals surface area contributed by atoms with Gasteiger partial charge in [0.15, 0.2) is 0 Å². The molecule has 0 aliphatic heterocycles. The molecule has 20 heavy (non-hydrogen) atoms. The molecule has 0 saturated heterocycles. The summed E-state index contributed by atoms with van der Waals surface area (Å²) < 4.78 is 5.83. The quantitative estimate of drug-likeness (QED) is 0.778. The third-order valence-electron chi connectivity index (χ3n) is 2.91. The monoisotopic (exact) mass is 265 g/mol. The summed E-state index contributed by atoms with van der Waals surface area (Å²) in [4.78, 5) is 8.48. The minimum atomic E-state index is 0.707. The first-order valence-electron chi connectivity index (χ1n) is 6.57. The fourth-order valence-corrected chi connectivity index (χ4v) is 2.02. The lowest BCUT2D eigenvalue weighted by Gasteiger charge is -2.08. The Morgan fingerprint density at radius 1 is 1.10 bits per heavy atom. The van der Waals surface area contributed by atoms with E-state index in [4.69, 9.17) is 4.74 Å². The van der Waals surface area contributed by atoms with Crippen LogP contribution in [0.25, 0.3) is 10.9 Å². The molecule has 0 radical (unpaired) electrons. The zero-order valence-corrected chi connectivity index (χ0v) is 11.2. The number of hydrogen-bond acceptors (Lipinski definition) is 4. The van der Waals surface area contributed by atoms with Crippen molar-refractivity contribution in [3.8, 4) is 11.5 Å². The van der Waals surface area contributed by atoms with Crippen LogP contribution < -0.4 is 10.1 Å². The van der Waals surface area contributed by atoms with E-state index >= 15 is 0 Å². The third kappa shape index (κ3) is 2.69. The summed E-state index contributed by atoms with van der Waals surface area (Å²) >= 11 is 0. The summed E-state index contributed by atoms with van der Waals surface area (Å²) in [6.07, 6.45) is 5.25. The predicted molar refractivity (Wildman–Crippen MR) is 80.2 cm³/mol. The Bertz CT molecular complexity index is 727. The van der Waals surface area contributed by atoms with E-state index in [1.54, 1.807) is 18.6 Å². The van der Waals surface area contributed by atoms with Crippen molar-refractivity contribution in [2.75, 3.05) is 11.9 Å². The van der Waals surface area contributed by atoms with E-state index in [-0.39, 0.29) is 0 Å². The fraction of sp³-hybridized carbons (Fsp3) is 0.125. The third-order valence-corrected chi connectivity index (χ3v) is 2.91. The Labute approximate surface area is 117 Å². The number of pyridine rings is 2. The average Bonchev–Trinajstić information content (AvgIpc) is 2.48. The second-order valence-electron chi connectivity index (χ2n) is 4.40. The Hall–Kier alpha value is -2.62. The van der Waals surface area contributed by atoms with Crippen LogP contribution in [0.2, 0.25) is 0 Å². The number of fused-ring (bicyclic) bond motifs is 1. The van der Waals surface area contributed by atoms with Gasteiger partial charge in [0.25, 0.3) is 0 Å². The Balaban J connectivity index is 1.87. The first-order valence-corrected chi connectivity index (χ1v) is 6.57. The van der Waals surface area contributed by atoms with E-state index in [1.165, 1.54) is 0 Å². The molecule has 2 aromatic heterocycles. The van der Waals surface area contributed by atoms with Gasteiger partial charge in [-0.05, 0) is 25.1 Å². The van der Waals surface area contributed by atoms with Crippen LogP contribution in [-0.4, -0.2) is 16.5 Å². The largest absolute Gasteiger partial charge is 0.456 e. The fourth-order valence-electron chi connectivity index (χ4n) is 2.02. The first kappa shape index (κ1) is 12.4. The molecule has 1 aromatic carbocycles. The maximum absolute atomic E-state index is 5.83. The minimum absolute atomic E-state index is 0.707. The van der Waals surface area contributed by atoms with Crippen LogP contribution in [0.1, 0.15) is 6.92 Å². The molecule has 0 amide bonds. The molecule has 0 aliphatic rings. The topological polar surface area (TPSA) is 47.0 Å². The van der Waals surface area contributed by atoms with Crippen molar-refractivity contribution in [3.05, 3.63) is 55.0 Å². The van der Waals surface area contributed by atoms with Crippen molar-refractivity contribution in [1.29, 1.82) is 0 Å². The Morgan fingerprint density at radius 2 is 2.05 bits per heavy atom. The van der Waals surface area contributed by atoms with Gasteiger partial charge in [0.2, 0.25) is 0 Å². The van der Waals surface area contributed by atoms with Gasteiger partial charge >= 0.3 is 0 Å². The summed E-state index contributed by atoms with van der Waals surface area (Å²) in [7, 11) is 0. The van der Waals surface area contributed by atoms with Gasteiger partial charge in [0.05, 0.1) is 23.6 Å². The zero-order valence-electron chi connectivity index (χ0n) is 11.2. The highest BCUT2D eigenvalue weighted by Crippen LogP contribution is 2.25. The SMILES string of the molecule is CCNc1cncc(Oc2ccc3cccnc3c2)c1. The van der Waals surface area contributed by atoms with Crippen molar-refractivity contribution in [2.45, 2.75) is 6.92 Å². The van der Waals surface area contributed by atoms with Crippen molar-refractivity contribution in [3.63, 3.8) is 0 Å². The van der Waals surface area contributed by atoms with E-state index in [1.807, 2.05) is 43.3 Å². The van der Waals surface area contributed by atoms with Gasteiger partial charge in [-0.25, -0.2) is 0 Å². The molecule has 0 bridgehead atoms. The molecule has 0 spiro atoms. The number of rotatable bonds is 4. The maximum Gasteiger partial charge on any atom is 0.147 e. The van der Waals surface area contributed by atoms with Gasteiger partial charge in [-0.2, -0.15) is 0 Å². The standard InChI is InChI=1S/C16H15N3O/c1-2-18-13-8-15(11-17-10-13)20-14-6-5-12-4-3-7-19-16(12)9-14/h3-11,18H,2H2,1H3. The van der Waals surface area contributed by atoms with Gasteiger partial charge in [-0.1, -0.05) is 6.07 Å². The second kappa shape index (κ2) is 5.57. The van der Waals surface area contributed by atoms with Gasteiger partial charge in [0.1, 0.15) is 11.5 Å². The van der Waals surface area contributed by atoms with E-state index < -0.39 is 0 Å². The van der Waals surface area contributed by atoms with Crippen LogP contribution >= 0.6 is 0 Å². The number of nitrogens with zero attached hydrogens (tertiary/aromatic N) is 2. The summed E-state index contributed by atoms with van der Waals surface area (Å²) in [5.41, 5.74) is 1.87. The summed E-state index contributed by atoms with van der Waals surface area (Å²) in [6.45, 7) is 2.90. The lowest BCUT2D eigenvalue weighted by molar-refractivity contribution is 0.481. The van der Waals surface area contributed by atoms with E-state index in [0.29, 0.717) is 5.75 Å². The van der Waals surface area contributed by atoms with Gasteiger partial charge in [-0.3, -0.25) is 9.97 Å². The Kier molecular flexibility index (Phi) is 3.46. The number of benzene rings is 1. The average molecular weight is 265 g/mol. The number of aromatic nitrogens is 2. The highest BCUT2D eigenvalue weighted by molar-refractivity contribution is 5.79. The smallest absolute Gasteiger partial charge is 0.147 e. The summed E-state index contributed by atoms with van der Waals surface area (Å²) in [6, 6.07) is 11.7.